The minimum Gasteiger partial charge on any atom is -0.453 e. The molecule has 4 rings (SSSR count). The fourth-order valence-electron chi connectivity index (χ4n) is 5.46. The highest BCUT2D eigenvalue weighted by Crippen LogP contribution is 2.44. The number of piperidine rings is 1. The van der Waals surface area contributed by atoms with E-state index in [1.165, 1.54) is 26.2 Å². The van der Waals surface area contributed by atoms with Crippen molar-refractivity contribution >= 4 is 45.0 Å². The van der Waals surface area contributed by atoms with Crippen LogP contribution in [0.5, 0.6) is 0 Å². The smallest absolute Gasteiger partial charge is 0.407 e. The van der Waals surface area contributed by atoms with Crippen molar-refractivity contribution in [3.8, 4) is 0 Å². The lowest BCUT2D eigenvalue weighted by molar-refractivity contribution is -0.137. The average Bonchev–Trinajstić information content (AvgIpc) is 3.09. The summed E-state index contributed by atoms with van der Waals surface area (Å²) >= 11 is 6.26. The molecule has 2 bridgehead atoms. The summed E-state index contributed by atoms with van der Waals surface area (Å²) in [6, 6.07) is 3.08. The SMILES string of the molecule is COC(=O)N[C@@H](C)C(=O)N1C2C[C@@H](S(=O)(=O)c3cc(C(=O)Nc4cc(F)c(F)c(F)c4)ccc3Cl)CC1[C@@H](C)C2. The van der Waals surface area contributed by atoms with Gasteiger partial charge in [-0.15, -0.1) is 0 Å². The first kappa shape index (κ1) is 29.7. The summed E-state index contributed by atoms with van der Waals surface area (Å²) in [6.07, 6.45) is 0.0686. The van der Waals surface area contributed by atoms with E-state index in [1.54, 1.807) is 4.90 Å². The van der Waals surface area contributed by atoms with Crippen LogP contribution in [-0.2, 0) is 19.4 Å². The van der Waals surface area contributed by atoms with E-state index in [-0.39, 0.29) is 45.8 Å². The lowest BCUT2D eigenvalue weighted by atomic mass is 9.98. The van der Waals surface area contributed by atoms with E-state index in [0.717, 1.165) is 6.07 Å². The van der Waals surface area contributed by atoms with Crippen LogP contribution >= 0.6 is 11.6 Å². The third kappa shape index (κ3) is 5.62. The first-order valence-corrected chi connectivity index (χ1v) is 14.3. The summed E-state index contributed by atoms with van der Waals surface area (Å²) in [6.45, 7) is 3.45. The van der Waals surface area contributed by atoms with Crippen molar-refractivity contribution in [1.82, 2.24) is 10.2 Å². The number of hydrogen-bond donors (Lipinski definition) is 2. The first-order valence-electron chi connectivity index (χ1n) is 12.4. The van der Waals surface area contributed by atoms with Crippen LogP contribution in [0, 0.1) is 23.4 Å². The van der Waals surface area contributed by atoms with Gasteiger partial charge in [-0.05, 0) is 50.3 Å². The second kappa shape index (κ2) is 11.3. The summed E-state index contributed by atoms with van der Waals surface area (Å²) in [5, 5.41) is 3.63. The molecule has 3 amide bonds. The number of rotatable bonds is 6. The predicted molar refractivity (Wildman–Crippen MR) is 139 cm³/mol. The third-order valence-corrected chi connectivity index (χ3v) is 10.1. The number of fused-ring (bicyclic) bond motifs is 2. The molecular formula is C26H27ClF3N3O6S. The Balaban J connectivity index is 1.56. The number of anilines is 1. The van der Waals surface area contributed by atoms with Gasteiger partial charge in [0.15, 0.2) is 27.3 Å². The average molecular weight is 602 g/mol. The number of halogens is 4. The Labute approximate surface area is 233 Å². The third-order valence-electron chi connectivity index (χ3n) is 7.42. The van der Waals surface area contributed by atoms with Crippen LogP contribution in [0.2, 0.25) is 5.02 Å². The van der Waals surface area contributed by atoms with Gasteiger partial charge in [-0.25, -0.2) is 26.4 Å². The van der Waals surface area contributed by atoms with Gasteiger partial charge in [0.25, 0.3) is 5.91 Å². The van der Waals surface area contributed by atoms with E-state index in [4.69, 9.17) is 11.6 Å². The molecule has 2 fully saturated rings. The molecule has 0 radical (unpaired) electrons. The van der Waals surface area contributed by atoms with Crippen molar-refractivity contribution in [3.63, 3.8) is 0 Å². The fraction of sp³-hybridized carbons (Fsp3) is 0.423. The summed E-state index contributed by atoms with van der Waals surface area (Å²) in [5.41, 5.74) is -0.515. The van der Waals surface area contributed by atoms with Crippen LogP contribution < -0.4 is 10.6 Å². The van der Waals surface area contributed by atoms with E-state index < -0.39 is 62.7 Å². The highest BCUT2D eigenvalue weighted by atomic mass is 35.5. The van der Waals surface area contributed by atoms with E-state index in [1.807, 2.05) is 6.92 Å². The Kier molecular flexibility index (Phi) is 8.36. The van der Waals surface area contributed by atoms with Crippen LogP contribution in [-0.4, -0.2) is 61.7 Å². The molecule has 2 aromatic carbocycles. The number of carbonyl (C=O) groups is 3. The van der Waals surface area contributed by atoms with Crippen molar-refractivity contribution in [1.29, 1.82) is 0 Å². The molecule has 2 saturated heterocycles. The van der Waals surface area contributed by atoms with Crippen LogP contribution in [0.4, 0.5) is 23.7 Å². The Morgan fingerprint density at radius 3 is 2.33 bits per heavy atom. The fourth-order valence-corrected chi connectivity index (χ4v) is 7.82. The molecule has 0 aliphatic carbocycles. The molecule has 40 heavy (non-hydrogen) atoms. The number of nitrogens with one attached hydrogen (secondary N) is 2. The molecular weight excluding hydrogens is 575 g/mol. The Morgan fingerprint density at radius 2 is 1.73 bits per heavy atom. The van der Waals surface area contributed by atoms with E-state index in [0.29, 0.717) is 18.6 Å². The number of alkyl carbamates (subject to hydrolysis) is 1. The molecule has 2 unspecified atom stereocenters. The lowest BCUT2D eigenvalue weighted by Crippen LogP contribution is -2.56. The zero-order valence-corrected chi connectivity index (χ0v) is 23.3. The molecule has 0 saturated carbocycles. The minimum absolute atomic E-state index is 0.00330. The van der Waals surface area contributed by atoms with Gasteiger partial charge in [-0.1, -0.05) is 18.5 Å². The Bertz CT molecular complexity index is 1450. The topological polar surface area (TPSA) is 122 Å². The van der Waals surface area contributed by atoms with Gasteiger partial charge in [0, 0.05) is 35.5 Å². The second-order valence-electron chi connectivity index (χ2n) is 10.0. The molecule has 5 atom stereocenters. The standard InChI is InChI=1S/C26H27ClF3N3O6S/c1-12-6-16-10-17(11-21(12)33(16)25(35)13(2)31-26(36)39-3)40(37,38)22-7-14(4-5-18(22)27)24(34)32-15-8-19(28)23(30)20(29)9-15/h4-5,7-9,12-13,16-17,21H,6,10-11H2,1-3H3,(H,31,36)(H,32,34)/t12-,13-,16?,17+,21?/m0/s1. The zero-order chi connectivity index (χ0) is 29.5. The highest BCUT2D eigenvalue weighted by molar-refractivity contribution is 7.92. The van der Waals surface area contributed by atoms with Gasteiger partial charge in [-0.2, -0.15) is 0 Å². The van der Waals surface area contributed by atoms with Crippen molar-refractivity contribution in [2.75, 3.05) is 12.4 Å². The number of carbonyl (C=O) groups excluding carboxylic acids is 3. The molecule has 14 heteroatoms. The molecule has 2 aromatic rings. The maximum atomic E-state index is 13.8. The van der Waals surface area contributed by atoms with Gasteiger partial charge in [0.05, 0.1) is 22.3 Å². The quantitative estimate of drug-likeness (QED) is 0.476. The number of nitrogens with zero attached hydrogens (tertiary/aromatic N) is 1. The van der Waals surface area contributed by atoms with Gasteiger partial charge in [-0.3, -0.25) is 9.59 Å². The van der Waals surface area contributed by atoms with Gasteiger partial charge >= 0.3 is 6.09 Å². The van der Waals surface area contributed by atoms with Crippen LogP contribution in [0.3, 0.4) is 0 Å². The van der Waals surface area contributed by atoms with Crippen molar-refractivity contribution in [2.45, 2.75) is 61.4 Å². The van der Waals surface area contributed by atoms with Gasteiger partial charge in [0.2, 0.25) is 5.91 Å². The van der Waals surface area contributed by atoms with E-state index in [2.05, 4.69) is 15.4 Å². The second-order valence-corrected chi connectivity index (χ2v) is 12.6. The summed E-state index contributed by atoms with van der Waals surface area (Å²) in [7, 11) is -2.91. The summed E-state index contributed by atoms with van der Waals surface area (Å²) in [4.78, 5) is 38.8. The van der Waals surface area contributed by atoms with E-state index in [9.17, 15) is 36.0 Å². The van der Waals surface area contributed by atoms with Crippen molar-refractivity contribution in [3.05, 3.63) is 58.4 Å². The highest BCUT2D eigenvalue weighted by Gasteiger charge is 2.51. The Hall–Kier alpha value is -3.32. The largest absolute Gasteiger partial charge is 0.453 e. The van der Waals surface area contributed by atoms with Crippen LogP contribution in [0.15, 0.2) is 35.2 Å². The maximum Gasteiger partial charge on any atom is 0.407 e. The first-order chi connectivity index (χ1) is 18.7. The van der Waals surface area contributed by atoms with Crippen molar-refractivity contribution < 1.29 is 40.7 Å². The molecule has 0 spiro atoms. The predicted octanol–water partition coefficient (Wildman–Crippen LogP) is 4.30. The molecule has 2 aliphatic rings. The summed E-state index contributed by atoms with van der Waals surface area (Å²) < 4.78 is 72.4. The zero-order valence-electron chi connectivity index (χ0n) is 21.7. The number of benzene rings is 2. The van der Waals surface area contributed by atoms with Gasteiger partial charge < -0.3 is 20.3 Å². The molecule has 216 valence electrons. The number of methoxy groups -OCH3 is 1. The van der Waals surface area contributed by atoms with Crippen LogP contribution in [0.1, 0.15) is 43.5 Å². The maximum absolute atomic E-state index is 13.8. The van der Waals surface area contributed by atoms with E-state index >= 15 is 0 Å². The lowest BCUT2D eigenvalue weighted by Gasteiger charge is -2.40. The molecule has 2 heterocycles. The molecule has 0 aromatic heterocycles. The normalized spacial score (nSPS) is 22.9. The number of ether oxygens (including phenoxy) is 1. The van der Waals surface area contributed by atoms with Crippen molar-refractivity contribution in [2.24, 2.45) is 5.92 Å². The molecule has 2 N–H and O–H groups in total. The minimum atomic E-state index is -4.09. The van der Waals surface area contributed by atoms with Crippen LogP contribution in [0.25, 0.3) is 0 Å². The monoisotopic (exact) mass is 601 g/mol. The number of sulfone groups is 1. The molecule has 9 nitrogen and oxygen atoms in total. The number of hydrogen-bond acceptors (Lipinski definition) is 6. The number of amides is 3. The Morgan fingerprint density at radius 1 is 1.07 bits per heavy atom. The summed E-state index contributed by atoms with van der Waals surface area (Å²) in [5.74, 6) is -5.92. The van der Waals surface area contributed by atoms with Gasteiger partial charge in [0.1, 0.15) is 6.04 Å². The molecule has 2 aliphatic heterocycles.